The van der Waals surface area contributed by atoms with Crippen molar-refractivity contribution in [3.05, 3.63) is 29.3 Å². The zero-order valence-corrected chi connectivity index (χ0v) is 12.4. The number of carbonyl (C=O) groups is 1. The lowest BCUT2D eigenvalue weighted by atomic mass is 10.1. The lowest BCUT2D eigenvalue weighted by molar-refractivity contribution is -0.139. The number of nitrogens with two attached hydrogens (primary N) is 1. The van der Waals surface area contributed by atoms with Crippen LogP contribution in [-0.4, -0.2) is 26.8 Å². The highest BCUT2D eigenvalue weighted by atomic mass is 32.2. The predicted octanol–water partition coefficient (Wildman–Crippen LogP) is 2.72. The topological polar surface area (TPSA) is 76.2 Å². The van der Waals surface area contributed by atoms with E-state index in [0.29, 0.717) is 5.75 Å². The van der Waals surface area contributed by atoms with Gasteiger partial charge in [0.1, 0.15) is 11.0 Å². The van der Waals surface area contributed by atoms with Crippen LogP contribution in [0.15, 0.2) is 24.3 Å². The minimum Gasteiger partial charge on any atom is -0.480 e. The highest BCUT2D eigenvalue weighted by molar-refractivity contribution is 8.00. The number of aromatic nitrogens is 1. The molecule has 4 nitrogen and oxygen atoms in total. The van der Waals surface area contributed by atoms with E-state index in [2.05, 4.69) is 4.98 Å². The first-order chi connectivity index (χ1) is 8.90. The molecule has 0 spiro atoms. The first-order valence-corrected chi connectivity index (χ1v) is 7.67. The molecular weight excluding hydrogens is 280 g/mol. The highest BCUT2D eigenvalue weighted by Gasteiger charge is 2.32. The average molecular weight is 296 g/mol. The Morgan fingerprint density at radius 1 is 1.53 bits per heavy atom. The lowest BCUT2D eigenvalue weighted by Gasteiger charge is -2.27. The monoisotopic (exact) mass is 296 g/mol. The molecule has 2 rings (SSSR count). The zero-order chi connectivity index (χ0) is 14.0. The van der Waals surface area contributed by atoms with Gasteiger partial charge in [-0.15, -0.1) is 23.1 Å². The van der Waals surface area contributed by atoms with Gasteiger partial charge in [-0.3, -0.25) is 4.79 Å². The number of rotatable bonds is 5. The van der Waals surface area contributed by atoms with Crippen molar-refractivity contribution in [3.8, 4) is 0 Å². The van der Waals surface area contributed by atoms with Crippen LogP contribution in [0.4, 0.5) is 0 Å². The molecule has 0 unspecified atom stereocenters. The minimum atomic E-state index is -0.971. The van der Waals surface area contributed by atoms with Crippen molar-refractivity contribution in [2.24, 2.45) is 5.73 Å². The molecule has 2 aromatic rings. The van der Waals surface area contributed by atoms with Crippen molar-refractivity contribution in [3.63, 3.8) is 0 Å². The van der Waals surface area contributed by atoms with E-state index in [1.165, 1.54) is 11.8 Å². The van der Waals surface area contributed by atoms with Gasteiger partial charge in [0.2, 0.25) is 0 Å². The van der Waals surface area contributed by atoms with Crippen LogP contribution >= 0.6 is 23.1 Å². The summed E-state index contributed by atoms with van der Waals surface area (Å²) in [5, 5.41) is 9.97. The van der Waals surface area contributed by atoms with Crippen LogP contribution < -0.4 is 5.73 Å². The minimum absolute atomic E-state index is 0.524. The Balaban J connectivity index is 2.07. The van der Waals surface area contributed by atoms with Gasteiger partial charge in [0.25, 0.3) is 0 Å². The Morgan fingerprint density at radius 2 is 2.21 bits per heavy atom. The molecule has 0 aliphatic rings. The van der Waals surface area contributed by atoms with Gasteiger partial charge < -0.3 is 10.8 Å². The fourth-order valence-electron chi connectivity index (χ4n) is 1.62. The van der Waals surface area contributed by atoms with Crippen molar-refractivity contribution in [2.75, 3.05) is 0 Å². The van der Waals surface area contributed by atoms with Crippen LogP contribution in [-0.2, 0) is 10.5 Å². The third kappa shape index (κ3) is 3.26. The summed E-state index contributed by atoms with van der Waals surface area (Å²) in [6.45, 7) is 3.70. The predicted molar refractivity (Wildman–Crippen MR) is 80.6 cm³/mol. The number of nitrogens with zero attached hydrogens (tertiary/aromatic N) is 1. The van der Waals surface area contributed by atoms with Crippen molar-refractivity contribution in [2.45, 2.75) is 30.4 Å². The van der Waals surface area contributed by atoms with Crippen LogP contribution in [0.1, 0.15) is 18.9 Å². The fraction of sp³-hybridized carbons (Fsp3) is 0.385. The lowest BCUT2D eigenvalue weighted by Crippen LogP contribution is -2.46. The van der Waals surface area contributed by atoms with E-state index < -0.39 is 16.8 Å². The number of hydrogen-bond donors (Lipinski definition) is 2. The molecule has 1 aromatic carbocycles. The fourth-order valence-corrected chi connectivity index (χ4v) is 3.63. The van der Waals surface area contributed by atoms with Crippen molar-refractivity contribution >= 4 is 39.3 Å². The molecule has 19 heavy (non-hydrogen) atoms. The Kier molecular flexibility index (Phi) is 4.13. The molecule has 102 valence electrons. The van der Waals surface area contributed by atoms with E-state index in [1.807, 2.05) is 38.1 Å². The summed E-state index contributed by atoms with van der Waals surface area (Å²) in [5.41, 5.74) is 6.69. The van der Waals surface area contributed by atoms with Crippen LogP contribution in [0.3, 0.4) is 0 Å². The molecular formula is C13H16N2O2S2. The third-order valence-corrected chi connectivity index (χ3v) is 5.56. The molecule has 0 aliphatic carbocycles. The van der Waals surface area contributed by atoms with Gasteiger partial charge in [0.05, 0.1) is 10.2 Å². The standard InChI is InChI=1S/C13H16N2O2S2/c1-13(2,11(14)12(16)17)18-7-10-15-8-5-3-4-6-9(8)19-10/h3-6,11H,7,14H2,1-2H3,(H,16,17)/t11-/m1/s1. The summed E-state index contributed by atoms with van der Waals surface area (Å²) < 4.78 is 0.627. The Labute approximate surface area is 120 Å². The van der Waals surface area contributed by atoms with Crippen LogP contribution in [0.25, 0.3) is 10.2 Å². The molecule has 1 atom stereocenters. The molecule has 0 saturated carbocycles. The molecule has 0 saturated heterocycles. The van der Waals surface area contributed by atoms with Gasteiger partial charge in [-0.1, -0.05) is 12.1 Å². The molecule has 0 bridgehead atoms. The highest BCUT2D eigenvalue weighted by Crippen LogP contribution is 2.33. The molecule has 0 amide bonds. The maximum Gasteiger partial charge on any atom is 0.321 e. The van der Waals surface area contributed by atoms with Gasteiger partial charge in [0.15, 0.2) is 0 Å². The molecule has 0 radical (unpaired) electrons. The van der Waals surface area contributed by atoms with Crippen molar-refractivity contribution in [1.82, 2.24) is 4.98 Å². The largest absolute Gasteiger partial charge is 0.480 e. The summed E-state index contributed by atoms with van der Waals surface area (Å²) in [4.78, 5) is 15.5. The number of fused-ring (bicyclic) bond motifs is 1. The van der Waals surface area contributed by atoms with Gasteiger partial charge in [-0.2, -0.15) is 0 Å². The number of thioether (sulfide) groups is 1. The third-order valence-electron chi connectivity index (χ3n) is 2.92. The van der Waals surface area contributed by atoms with Gasteiger partial charge in [0, 0.05) is 10.5 Å². The number of benzene rings is 1. The molecule has 1 heterocycles. The number of carboxylic acid groups (broad SMARTS) is 1. The number of thiazole rings is 1. The van der Waals surface area contributed by atoms with E-state index in [4.69, 9.17) is 10.8 Å². The number of para-hydroxylation sites is 1. The molecule has 6 heteroatoms. The second-order valence-corrected chi connectivity index (χ2v) is 7.53. The summed E-state index contributed by atoms with van der Waals surface area (Å²) in [6.07, 6.45) is 0. The van der Waals surface area contributed by atoms with Crippen molar-refractivity contribution in [1.29, 1.82) is 0 Å². The summed E-state index contributed by atoms with van der Waals surface area (Å²) in [7, 11) is 0. The second-order valence-electron chi connectivity index (χ2n) is 4.78. The summed E-state index contributed by atoms with van der Waals surface area (Å²) >= 11 is 3.16. The number of aliphatic carboxylic acids is 1. The van der Waals surface area contributed by atoms with Crippen LogP contribution in [0.5, 0.6) is 0 Å². The Hall–Kier alpha value is -1.11. The van der Waals surface area contributed by atoms with Gasteiger partial charge in [-0.25, -0.2) is 4.98 Å². The van der Waals surface area contributed by atoms with Gasteiger partial charge >= 0.3 is 5.97 Å². The first kappa shape index (κ1) is 14.3. The maximum atomic E-state index is 10.9. The van der Waals surface area contributed by atoms with E-state index in [0.717, 1.165) is 15.2 Å². The van der Waals surface area contributed by atoms with Crippen LogP contribution in [0, 0.1) is 0 Å². The van der Waals surface area contributed by atoms with Crippen LogP contribution in [0.2, 0.25) is 0 Å². The summed E-state index contributed by atoms with van der Waals surface area (Å²) in [5.74, 6) is -0.297. The Bertz CT molecular complexity index is 562. The average Bonchev–Trinajstić information content (AvgIpc) is 2.78. The van der Waals surface area contributed by atoms with E-state index >= 15 is 0 Å². The number of carboxylic acids is 1. The smallest absolute Gasteiger partial charge is 0.321 e. The van der Waals surface area contributed by atoms with E-state index in [-0.39, 0.29) is 0 Å². The van der Waals surface area contributed by atoms with Crippen molar-refractivity contribution < 1.29 is 9.90 Å². The van der Waals surface area contributed by atoms with Gasteiger partial charge in [-0.05, 0) is 26.0 Å². The number of hydrogen-bond acceptors (Lipinski definition) is 5. The SMILES string of the molecule is CC(C)(SCc1nc2ccccc2s1)[C@H](N)C(=O)O. The van der Waals surface area contributed by atoms with E-state index in [1.54, 1.807) is 11.3 Å². The molecule has 1 aromatic heterocycles. The summed E-state index contributed by atoms with van der Waals surface area (Å²) in [6, 6.07) is 7.08. The molecule has 0 aliphatic heterocycles. The Morgan fingerprint density at radius 3 is 2.84 bits per heavy atom. The quantitative estimate of drug-likeness (QED) is 0.887. The second kappa shape index (κ2) is 5.48. The zero-order valence-electron chi connectivity index (χ0n) is 10.8. The molecule has 3 N–H and O–H groups in total. The normalized spacial score (nSPS) is 13.6. The van der Waals surface area contributed by atoms with E-state index in [9.17, 15) is 4.79 Å². The maximum absolute atomic E-state index is 10.9. The first-order valence-electron chi connectivity index (χ1n) is 5.87. The molecule has 0 fully saturated rings.